The Morgan fingerprint density at radius 1 is 1.05 bits per heavy atom. The lowest BCUT2D eigenvalue weighted by Gasteiger charge is -2.05. The van der Waals surface area contributed by atoms with Crippen molar-refractivity contribution < 1.29 is 8.42 Å². The summed E-state index contributed by atoms with van der Waals surface area (Å²) in [5.41, 5.74) is 2.04. The molecule has 0 amide bonds. The number of nitrogens with two attached hydrogens (primary N) is 1. The van der Waals surface area contributed by atoms with Crippen molar-refractivity contribution in [3.05, 3.63) is 65.2 Å². The number of sulfonamides is 1. The van der Waals surface area contributed by atoms with Crippen LogP contribution < -0.4 is 5.14 Å². The van der Waals surface area contributed by atoms with Crippen molar-refractivity contribution in [2.75, 3.05) is 0 Å². The van der Waals surface area contributed by atoms with Crippen molar-refractivity contribution in [3.8, 4) is 6.07 Å². The lowest BCUT2D eigenvalue weighted by atomic mass is 10.0. The van der Waals surface area contributed by atoms with Crippen molar-refractivity contribution in [3.63, 3.8) is 0 Å². The summed E-state index contributed by atoms with van der Waals surface area (Å²) in [6.45, 7) is 0. The summed E-state index contributed by atoms with van der Waals surface area (Å²) < 4.78 is 22.6. The van der Waals surface area contributed by atoms with E-state index >= 15 is 0 Å². The van der Waals surface area contributed by atoms with E-state index in [1.807, 2.05) is 36.4 Å². The monoisotopic (exact) mass is 272 g/mol. The summed E-state index contributed by atoms with van der Waals surface area (Å²) in [5.74, 6) is 0. The second-order valence-corrected chi connectivity index (χ2v) is 5.68. The fourth-order valence-electron chi connectivity index (χ4n) is 1.85. The van der Waals surface area contributed by atoms with Gasteiger partial charge >= 0.3 is 0 Å². The van der Waals surface area contributed by atoms with Crippen LogP contribution in [0.1, 0.15) is 16.7 Å². The first-order valence-corrected chi connectivity index (χ1v) is 7.15. The van der Waals surface area contributed by atoms with Gasteiger partial charge in [0.25, 0.3) is 0 Å². The Balaban J connectivity index is 2.39. The number of benzene rings is 2. The molecular formula is C14H12N2O2S. The molecule has 0 bridgehead atoms. The highest BCUT2D eigenvalue weighted by Gasteiger charge is 2.14. The Morgan fingerprint density at radius 3 is 2.32 bits per heavy atom. The van der Waals surface area contributed by atoms with Crippen LogP contribution in [0.2, 0.25) is 0 Å². The number of primary sulfonamides is 1. The fraction of sp³-hybridized carbons (Fsp3) is 0.0714. The van der Waals surface area contributed by atoms with Crippen LogP contribution in [-0.2, 0) is 16.4 Å². The second kappa shape index (κ2) is 5.22. The van der Waals surface area contributed by atoms with Gasteiger partial charge in [-0.3, -0.25) is 0 Å². The molecule has 0 atom stereocenters. The predicted molar refractivity (Wildman–Crippen MR) is 71.8 cm³/mol. The smallest absolute Gasteiger partial charge is 0.225 e. The molecule has 0 spiro atoms. The molecule has 0 fully saturated rings. The zero-order valence-corrected chi connectivity index (χ0v) is 10.9. The maximum absolute atomic E-state index is 11.3. The van der Waals surface area contributed by atoms with Gasteiger partial charge < -0.3 is 0 Å². The Kier molecular flexibility index (Phi) is 3.65. The van der Waals surface area contributed by atoms with Crippen molar-refractivity contribution in [2.24, 2.45) is 5.14 Å². The third-order valence-electron chi connectivity index (χ3n) is 2.72. The molecule has 2 rings (SSSR count). The van der Waals surface area contributed by atoms with Gasteiger partial charge in [-0.1, -0.05) is 36.4 Å². The van der Waals surface area contributed by atoms with Gasteiger partial charge in [-0.25, -0.2) is 13.6 Å². The molecule has 0 aliphatic rings. The molecule has 2 N–H and O–H groups in total. The van der Waals surface area contributed by atoms with Gasteiger partial charge in [0.1, 0.15) is 6.07 Å². The van der Waals surface area contributed by atoms with E-state index in [1.54, 1.807) is 12.1 Å². The van der Waals surface area contributed by atoms with Crippen LogP contribution in [0.5, 0.6) is 0 Å². The predicted octanol–water partition coefficient (Wildman–Crippen LogP) is 1.80. The quantitative estimate of drug-likeness (QED) is 0.924. The Labute approximate surface area is 112 Å². The lowest BCUT2D eigenvalue weighted by Crippen LogP contribution is -2.14. The van der Waals surface area contributed by atoms with E-state index in [1.165, 1.54) is 6.07 Å². The number of hydrogen-bond acceptors (Lipinski definition) is 3. The molecule has 0 radical (unpaired) electrons. The molecule has 2 aromatic carbocycles. The minimum Gasteiger partial charge on any atom is -0.225 e. The summed E-state index contributed by atoms with van der Waals surface area (Å²) in [4.78, 5) is -0.133. The van der Waals surface area contributed by atoms with E-state index in [4.69, 9.17) is 10.4 Å². The SMILES string of the molecule is N#Cc1cc(Cc2ccccc2)ccc1S(N)(=O)=O. The van der Waals surface area contributed by atoms with Crippen molar-refractivity contribution in [1.82, 2.24) is 0 Å². The number of nitrogens with zero attached hydrogens (tertiary/aromatic N) is 1. The van der Waals surface area contributed by atoms with Gasteiger partial charge in [-0.05, 0) is 29.7 Å². The molecule has 19 heavy (non-hydrogen) atoms. The number of nitriles is 1. The summed E-state index contributed by atoms with van der Waals surface area (Å²) in [7, 11) is -3.86. The zero-order chi connectivity index (χ0) is 13.9. The molecule has 4 nitrogen and oxygen atoms in total. The van der Waals surface area contributed by atoms with Gasteiger partial charge in [0.15, 0.2) is 0 Å². The first kappa shape index (κ1) is 13.3. The van der Waals surface area contributed by atoms with E-state index < -0.39 is 10.0 Å². The van der Waals surface area contributed by atoms with Crippen LogP contribution in [0.4, 0.5) is 0 Å². The third kappa shape index (κ3) is 3.19. The van der Waals surface area contributed by atoms with Gasteiger partial charge in [0, 0.05) is 0 Å². The summed E-state index contributed by atoms with van der Waals surface area (Å²) in [6.07, 6.45) is 0.639. The normalized spacial score (nSPS) is 10.9. The number of rotatable bonds is 3. The molecule has 0 saturated carbocycles. The van der Waals surface area contributed by atoms with Gasteiger partial charge in [-0.2, -0.15) is 5.26 Å². The summed E-state index contributed by atoms with van der Waals surface area (Å²) in [5, 5.41) is 14.1. The molecule has 0 unspecified atom stereocenters. The molecule has 0 aliphatic carbocycles. The average molecular weight is 272 g/mol. The van der Waals surface area contributed by atoms with Crippen LogP contribution in [0, 0.1) is 11.3 Å². The highest BCUT2D eigenvalue weighted by Crippen LogP contribution is 2.17. The van der Waals surface area contributed by atoms with Crippen molar-refractivity contribution >= 4 is 10.0 Å². The molecule has 0 aliphatic heterocycles. The van der Waals surface area contributed by atoms with Crippen LogP contribution in [-0.4, -0.2) is 8.42 Å². The largest absolute Gasteiger partial charge is 0.239 e. The van der Waals surface area contributed by atoms with Crippen molar-refractivity contribution in [2.45, 2.75) is 11.3 Å². The van der Waals surface area contributed by atoms with Crippen LogP contribution >= 0.6 is 0 Å². The van der Waals surface area contributed by atoms with E-state index in [0.717, 1.165) is 11.1 Å². The standard InChI is InChI=1S/C14H12N2O2S/c15-10-13-9-12(6-7-14(13)19(16,17)18)8-11-4-2-1-3-5-11/h1-7,9H,8H2,(H2,16,17,18). The van der Waals surface area contributed by atoms with Crippen LogP contribution in [0.3, 0.4) is 0 Å². The minimum atomic E-state index is -3.86. The van der Waals surface area contributed by atoms with E-state index in [2.05, 4.69) is 0 Å². The minimum absolute atomic E-state index is 0.0796. The molecule has 96 valence electrons. The summed E-state index contributed by atoms with van der Waals surface area (Å²) in [6, 6.07) is 16.2. The van der Waals surface area contributed by atoms with E-state index in [0.29, 0.717) is 6.42 Å². The molecule has 2 aromatic rings. The van der Waals surface area contributed by atoms with E-state index in [-0.39, 0.29) is 10.5 Å². The average Bonchev–Trinajstić information content (AvgIpc) is 2.38. The fourth-order valence-corrected chi connectivity index (χ4v) is 2.52. The lowest BCUT2D eigenvalue weighted by molar-refractivity contribution is 0.597. The van der Waals surface area contributed by atoms with Crippen LogP contribution in [0.15, 0.2) is 53.4 Å². The second-order valence-electron chi connectivity index (χ2n) is 4.15. The number of hydrogen-bond donors (Lipinski definition) is 1. The van der Waals surface area contributed by atoms with Gasteiger partial charge in [0.05, 0.1) is 10.5 Å². The van der Waals surface area contributed by atoms with Gasteiger partial charge in [-0.15, -0.1) is 0 Å². The molecule has 5 heteroatoms. The Hall–Kier alpha value is -2.16. The highest BCUT2D eigenvalue weighted by atomic mass is 32.2. The molecule has 0 aromatic heterocycles. The third-order valence-corrected chi connectivity index (χ3v) is 3.69. The first-order valence-electron chi connectivity index (χ1n) is 5.60. The highest BCUT2D eigenvalue weighted by molar-refractivity contribution is 7.89. The molecular weight excluding hydrogens is 260 g/mol. The van der Waals surface area contributed by atoms with Crippen LogP contribution in [0.25, 0.3) is 0 Å². The zero-order valence-electron chi connectivity index (χ0n) is 10.1. The Morgan fingerprint density at radius 2 is 1.74 bits per heavy atom. The topological polar surface area (TPSA) is 83.9 Å². The molecule has 0 saturated heterocycles. The van der Waals surface area contributed by atoms with Gasteiger partial charge in [0.2, 0.25) is 10.0 Å². The first-order chi connectivity index (χ1) is 9.00. The molecule has 0 heterocycles. The maximum atomic E-state index is 11.3. The Bertz CT molecular complexity index is 732. The van der Waals surface area contributed by atoms with Crippen molar-refractivity contribution in [1.29, 1.82) is 5.26 Å². The van der Waals surface area contributed by atoms with E-state index in [9.17, 15) is 8.42 Å². The maximum Gasteiger partial charge on any atom is 0.239 e. The summed E-state index contributed by atoms with van der Waals surface area (Å²) >= 11 is 0.